The SMILES string of the molecule is CNCC1CCC(C(C)(C)C)CC1Cc1ccsc1. The van der Waals surface area contributed by atoms with Crippen molar-refractivity contribution in [1.29, 1.82) is 0 Å². The Morgan fingerprint density at radius 3 is 2.63 bits per heavy atom. The summed E-state index contributed by atoms with van der Waals surface area (Å²) in [5.74, 6) is 2.62. The minimum Gasteiger partial charge on any atom is -0.319 e. The standard InChI is InChI=1S/C17H29NS/c1-17(2,3)16-6-5-14(11-18-4)15(10-16)9-13-7-8-19-12-13/h7-8,12,14-16,18H,5-6,9-11H2,1-4H3. The van der Waals surface area contributed by atoms with Crippen LogP contribution in [0.1, 0.15) is 45.6 Å². The van der Waals surface area contributed by atoms with Gasteiger partial charge >= 0.3 is 0 Å². The van der Waals surface area contributed by atoms with Crippen LogP contribution in [-0.2, 0) is 6.42 Å². The molecule has 3 unspecified atom stereocenters. The first kappa shape index (κ1) is 15.1. The third-order valence-corrected chi connectivity index (χ3v) is 5.64. The van der Waals surface area contributed by atoms with Crippen LogP contribution in [0.4, 0.5) is 0 Å². The van der Waals surface area contributed by atoms with Crippen LogP contribution in [0.15, 0.2) is 16.8 Å². The van der Waals surface area contributed by atoms with Gasteiger partial charge in [0, 0.05) is 0 Å². The summed E-state index contributed by atoms with van der Waals surface area (Å²) in [4.78, 5) is 0. The zero-order valence-electron chi connectivity index (χ0n) is 12.9. The summed E-state index contributed by atoms with van der Waals surface area (Å²) in [6.07, 6.45) is 5.50. The molecule has 0 saturated heterocycles. The van der Waals surface area contributed by atoms with Crippen LogP contribution in [0, 0.1) is 23.2 Å². The first-order valence-electron chi connectivity index (χ1n) is 7.66. The highest BCUT2D eigenvalue weighted by Crippen LogP contribution is 2.43. The van der Waals surface area contributed by atoms with Crippen LogP contribution in [-0.4, -0.2) is 13.6 Å². The van der Waals surface area contributed by atoms with E-state index in [0.717, 1.165) is 17.8 Å². The lowest BCUT2D eigenvalue weighted by Gasteiger charge is -2.42. The maximum Gasteiger partial charge on any atom is -0.00208 e. The van der Waals surface area contributed by atoms with Gasteiger partial charge in [0.15, 0.2) is 0 Å². The van der Waals surface area contributed by atoms with Crippen molar-refractivity contribution in [2.45, 2.75) is 46.5 Å². The van der Waals surface area contributed by atoms with Crippen molar-refractivity contribution in [3.8, 4) is 0 Å². The molecular weight excluding hydrogens is 250 g/mol. The second kappa shape index (κ2) is 6.41. The fourth-order valence-electron chi connectivity index (χ4n) is 3.61. The van der Waals surface area contributed by atoms with Crippen LogP contribution in [0.5, 0.6) is 0 Å². The summed E-state index contributed by atoms with van der Waals surface area (Å²) in [6, 6.07) is 2.31. The molecule has 1 heterocycles. The molecule has 1 aliphatic rings. The quantitative estimate of drug-likeness (QED) is 0.850. The summed E-state index contributed by atoms with van der Waals surface area (Å²) >= 11 is 1.83. The highest BCUT2D eigenvalue weighted by atomic mass is 32.1. The van der Waals surface area contributed by atoms with E-state index in [1.807, 2.05) is 11.3 Å². The highest BCUT2D eigenvalue weighted by molar-refractivity contribution is 7.07. The number of thiophene rings is 1. The molecule has 0 spiro atoms. The minimum atomic E-state index is 0.470. The molecule has 2 rings (SSSR count). The van der Waals surface area contributed by atoms with E-state index in [1.54, 1.807) is 5.56 Å². The first-order chi connectivity index (χ1) is 9.00. The zero-order valence-corrected chi connectivity index (χ0v) is 13.7. The van der Waals surface area contributed by atoms with E-state index in [1.165, 1.54) is 32.2 Å². The maximum atomic E-state index is 3.40. The van der Waals surface area contributed by atoms with Crippen molar-refractivity contribution in [2.75, 3.05) is 13.6 Å². The molecule has 0 radical (unpaired) electrons. The predicted molar refractivity (Wildman–Crippen MR) is 85.7 cm³/mol. The van der Waals surface area contributed by atoms with Crippen LogP contribution in [0.3, 0.4) is 0 Å². The molecule has 1 aromatic rings. The third-order valence-electron chi connectivity index (χ3n) is 4.91. The van der Waals surface area contributed by atoms with E-state index in [0.29, 0.717) is 5.41 Å². The molecular formula is C17H29NS. The lowest BCUT2D eigenvalue weighted by Crippen LogP contribution is -2.36. The van der Waals surface area contributed by atoms with Gasteiger partial charge in [0.1, 0.15) is 0 Å². The molecule has 0 aromatic carbocycles. The Kier molecular flexibility index (Phi) is 5.08. The van der Waals surface area contributed by atoms with Crippen LogP contribution in [0.2, 0.25) is 0 Å². The van der Waals surface area contributed by atoms with Crippen molar-refractivity contribution in [2.24, 2.45) is 23.2 Å². The molecule has 1 aromatic heterocycles. The number of hydrogen-bond donors (Lipinski definition) is 1. The molecule has 1 nitrogen and oxygen atoms in total. The van der Waals surface area contributed by atoms with Crippen molar-refractivity contribution in [3.05, 3.63) is 22.4 Å². The van der Waals surface area contributed by atoms with Gasteiger partial charge in [-0.05, 0) is 84.8 Å². The van der Waals surface area contributed by atoms with Crippen molar-refractivity contribution >= 4 is 11.3 Å². The van der Waals surface area contributed by atoms with E-state index in [4.69, 9.17) is 0 Å². The normalized spacial score (nSPS) is 28.5. The minimum absolute atomic E-state index is 0.470. The largest absolute Gasteiger partial charge is 0.319 e. The Labute approximate surface area is 122 Å². The van der Waals surface area contributed by atoms with Gasteiger partial charge in [-0.2, -0.15) is 11.3 Å². The molecule has 2 heteroatoms. The Morgan fingerprint density at radius 2 is 2.05 bits per heavy atom. The topological polar surface area (TPSA) is 12.0 Å². The van der Waals surface area contributed by atoms with Gasteiger partial charge in [-0.1, -0.05) is 20.8 Å². The molecule has 1 aliphatic carbocycles. The van der Waals surface area contributed by atoms with Gasteiger partial charge in [0.05, 0.1) is 0 Å². The number of nitrogens with one attached hydrogen (secondary N) is 1. The van der Waals surface area contributed by atoms with E-state index in [9.17, 15) is 0 Å². The van der Waals surface area contributed by atoms with Gasteiger partial charge in [0.2, 0.25) is 0 Å². The molecule has 0 bridgehead atoms. The second-order valence-electron chi connectivity index (χ2n) is 7.29. The van der Waals surface area contributed by atoms with Gasteiger partial charge in [-0.15, -0.1) is 0 Å². The van der Waals surface area contributed by atoms with Crippen LogP contribution >= 0.6 is 11.3 Å². The maximum absolute atomic E-state index is 3.40. The molecule has 3 atom stereocenters. The van der Waals surface area contributed by atoms with Crippen molar-refractivity contribution in [1.82, 2.24) is 5.32 Å². The second-order valence-corrected chi connectivity index (χ2v) is 8.07. The van der Waals surface area contributed by atoms with Gasteiger partial charge in [-0.3, -0.25) is 0 Å². The molecule has 0 aliphatic heterocycles. The summed E-state index contributed by atoms with van der Waals surface area (Å²) in [5, 5.41) is 7.95. The molecule has 1 N–H and O–H groups in total. The van der Waals surface area contributed by atoms with E-state index >= 15 is 0 Å². The Balaban J connectivity index is 2.04. The average Bonchev–Trinajstić information content (AvgIpc) is 2.83. The van der Waals surface area contributed by atoms with Gasteiger partial charge < -0.3 is 5.32 Å². The van der Waals surface area contributed by atoms with Gasteiger partial charge in [0.25, 0.3) is 0 Å². The molecule has 1 saturated carbocycles. The summed E-state index contributed by atoms with van der Waals surface area (Å²) < 4.78 is 0. The zero-order chi connectivity index (χ0) is 13.9. The van der Waals surface area contributed by atoms with Crippen LogP contribution < -0.4 is 5.32 Å². The van der Waals surface area contributed by atoms with E-state index in [-0.39, 0.29) is 0 Å². The molecule has 1 fully saturated rings. The fourth-order valence-corrected chi connectivity index (χ4v) is 4.29. The Bertz CT molecular complexity index is 363. The van der Waals surface area contributed by atoms with E-state index in [2.05, 4.69) is 50.0 Å². The number of rotatable bonds is 4. The summed E-state index contributed by atoms with van der Waals surface area (Å²) in [6.45, 7) is 8.43. The Morgan fingerprint density at radius 1 is 1.26 bits per heavy atom. The Hall–Kier alpha value is -0.340. The number of hydrogen-bond acceptors (Lipinski definition) is 2. The monoisotopic (exact) mass is 279 g/mol. The van der Waals surface area contributed by atoms with Crippen molar-refractivity contribution in [3.63, 3.8) is 0 Å². The first-order valence-corrected chi connectivity index (χ1v) is 8.60. The average molecular weight is 279 g/mol. The van der Waals surface area contributed by atoms with Crippen molar-refractivity contribution < 1.29 is 0 Å². The lowest BCUT2D eigenvalue weighted by atomic mass is 9.64. The summed E-state index contributed by atoms with van der Waals surface area (Å²) in [5.41, 5.74) is 2.02. The molecule has 0 amide bonds. The van der Waals surface area contributed by atoms with Crippen LogP contribution in [0.25, 0.3) is 0 Å². The fraction of sp³-hybridized carbons (Fsp3) is 0.765. The highest BCUT2D eigenvalue weighted by Gasteiger charge is 2.35. The predicted octanol–water partition coefficient (Wildman–Crippen LogP) is 4.59. The van der Waals surface area contributed by atoms with E-state index < -0.39 is 0 Å². The third kappa shape index (κ3) is 4.06. The molecule has 19 heavy (non-hydrogen) atoms. The summed E-state index contributed by atoms with van der Waals surface area (Å²) in [7, 11) is 2.09. The smallest absolute Gasteiger partial charge is 0.00208 e. The van der Waals surface area contributed by atoms with Gasteiger partial charge in [-0.25, -0.2) is 0 Å². The molecule has 108 valence electrons. The lowest BCUT2D eigenvalue weighted by molar-refractivity contribution is 0.0981.